The third-order valence-electron chi connectivity index (χ3n) is 4.28. The SMILES string of the molecule is CC(C)C(N)c1nc(C(=O)NC2CC(C)(C)NC(C)(C)C2)co1. The van der Waals surface area contributed by atoms with Crippen LogP contribution in [-0.4, -0.2) is 28.0 Å². The Labute approximate surface area is 138 Å². The van der Waals surface area contributed by atoms with Gasteiger partial charge < -0.3 is 20.8 Å². The summed E-state index contributed by atoms with van der Waals surface area (Å²) in [5.74, 6) is 0.418. The van der Waals surface area contributed by atoms with Crippen LogP contribution in [0.3, 0.4) is 0 Å². The minimum absolute atomic E-state index is 0.0192. The summed E-state index contributed by atoms with van der Waals surface area (Å²) >= 11 is 0. The van der Waals surface area contributed by atoms with Crippen LogP contribution in [0, 0.1) is 5.92 Å². The monoisotopic (exact) mass is 322 g/mol. The second kappa shape index (κ2) is 6.24. The largest absolute Gasteiger partial charge is 0.446 e. The van der Waals surface area contributed by atoms with Crippen molar-refractivity contribution in [2.75, 3.05) is 0 Å². The second-order valence-electron chi connectivity index (χ2n) is 8.31. The molecule has 0 bridgehead atoms. The van der Waals surface area contributed by atoms with Crippen molar-refractivity contribution in [3.05, 3.63) is 17.8 Å². The molecule has 1 unspecified atom stereocenters. The zero-order chi connectivity index (χ0) is 17.4. The van der Waals surface area contributed by atoms with Crippen LogP contribution in [0.2, 0.25) is 0 Å². The fraction of sp³-hybridized carbons (Fsp3) is 0.765. The first-order valence-corrected chi connectivity index (χ1v) is 8.30. The molecule has 0 radical (unpaired) electrons. The number of amides is 1. The first kappa shape index (κ1) is 17.9. The molecule has 130 valence electrons. The number of hydrogen-bond acceptors (Lipinski definition) is 5. The number of nitrogens with one attached hydrogen (secondary N) is 2. The maximum atomic E-state index is 12.4. The zero-order valence-electron chi connectivity index (χ0n) is 15.1. The highest BCUT2D eigenvalue weighted by molar-refractivity contribution is 5.92. The van der Waals surface area contributed by atoms with Crippen LogP contribution >= 0.6 is 0 Å². The standard InChI is InChI=1S/C17H30N4O2/c1-10(2)13(18)15-20-12(9-23-15)14(22)19-11-7-16(3,4)21-17(5,6)8-11/h9-11,13,21H,7-8,18H2,1-6H3,(H,19,22). The van der Waals surface area contributed by atoms with Gasteiger partial charge in [-0.3, -0.25) is 4.79 Å². The topological polar surface area (TPSA) is 93.2 Å². The Morgan fingerprint density at radius 3 is 2.43 bits per heavy atom. The van der Waals surface area contributed by atoms with Crippen molar-refractivity contribution in [3.8, 4) is 0 Å². The lowest BCUT2D eigenvalue weighted by molar-refractivity contribution is 0.0868. The van der Waals surface area contributed by atoms with Gasteiger partial charge in [0, 0.05) is 17.1 Å². The van der Waals surface area contributed by atoms with Gasteiger partial charge in [0.1, 0.15) is 6.26 Å². The summed E-state index contributed by atoms with van der Waals surface area (Å²) in [5.41, 5.74) is 6.27. The molecule has 1 saturated heterocycles. The fourth-order valence-corrected chi connectivity index (χ4v) is 3.51. The smallest absolute Gasteiger partial charge is 0.273 e. The number of carbonyl (C=O) groups excluding carboxylic acids is 1. The first-order chi connectivity index (χ1) is 10.5. The van der Waals surface area contributed by atoms with Crippen molar-refractivity contribution < 1.29 is 9.21 Å². The van der Waals surface area contributed by atoms with Crippen molar-refractivity contribution in [1.29, 1.82) is 0 Å². The molecule has 1 atom stereocenters. The second-order valence-corrected chi connectivity index (χ2v) is 8.31. The number of nitrogens with zero attached hydrogens (tertiary/aromatic N) is 1. The van der Waals surface area contributed by atoms with Crippen LogP contribution in [0.5, 0.6) is 0 Å². The predicted molar refractivity (Wildman–Crippen MR) is 90.1 cm³/mol. The van der Waals surface area contributed by atoms with E-state index in [-0.39, 0.29) is 35.0 Å². The van der Waals surface area contributed by atoms with Crippen molar-refractivity contribution >= 4 is 5.91 Å². The van der Waals surface area contributed by atoms with Gasteiger partial charge in [0.05, 0.1) is 6.04 Å². The van der Waals surface area contributed by atoms with E-state index in [2.05, 4.69) is 43.3 Å². The molecule has 2 heterocycles. The van der Waals surface area contributed by atoms with Crippen molar-refractivity contribution in [2.45, 2.75) is 77.5 Å². The van der Waals surface area contributed by atoms with E-state index in [1.807, 2.05) is 13.8 Å². The molecule has 0 aromatic carbocycles. The normalized spacial score (nSPS) is 22.1. The molecule has 2 rings (SSSR count). The number of nitrogens with two attached hydrogens (primary N) is 1. The summed E-state index contributed by atoms with van der Waals surface area (Å²) in [4.78, 5) is 16.7. The van der Waals surface area contributed by atoms with E-state index in [9.17, 15) is 4.79 Å². The van der Waals surface area contributed by atoms with Crippen molar-refractivity contribution in [3.63, 3.8) is 0 Å². The number of hydrogen-bond donors (Lipinski definition) is 3. The van der Waals surface area contributed by atoms with Crippen LogP contribution in [0.4, 0.5) is 0 Å². The van der Waals surface area contributed by atoms with E-state index in [0.717, 1.165) is 12.8 Å². The van der Waals surface area contributed by atoms with Crippen LogP contribution in [0.25, 0.3) is 0 Å². The number of rotatable bonds is 4. The molecule has 1 aliphatic heterocycles. The third kappa shape index (κ3) is 4.54. The lowest BCUT2D eigenvalue weighted by atomic mass is 9.79. The minimum Gasteiger partial charge on any atom is -0.446 e. The Morgan fingerprint density at radius 2 is 1.91 bits per heavy atom. The molecule has 6 nitrogen and oxygen atoms in total. The van der Waals surface area contributed by atoms with E-state index in [0.29, 0.717) is 11.6 Å². The molecule has 1 fully saturated rings. The molecular formula is C17H30N4O2. The minimum atomic E-state index is -0.298. The molecule has 0 spiro atoms. The summed E-state index contributed by atoms with van der Waals surface area (Å²) in [6.45, 7) is 12.6. The molecule has 6 heteroatoms. The third-order valence-corrected chi connectivity index (χ3v) is 4.28. The van der Waals surface area contributed by atoms with Gasteiger partial charge in [0.2, 0.25) is 5.89 Å². The Kier molecular flexibility index (Phi) is 4.87. The maximum absolute atomic E-state index is 12.4. The Balaban J connectivity index is 2.04. The average molecular weight is 322 g/mol. The molecule has 4 N–H and O–H groups in total. The highest BCUT2D eigenvalue weighted by Crippen LogP contribution is 2.28. The number of aromatic nitrogens is 1. The summed E-state index contributed by atoms with van der Waals surface area (Å²) in [6, 6.07) is -0.194. The predicted octanol–water partition coefficient (Wildman–Crippen LogP) is 2.37. The van der Waals surface area contributed by atoms with E-state index in [1.54, 1.807) is 0 Å². The van der Waals surface area contributed by atoms with Crippen molar-refractivity contribution in [1.82, 2.24) is 15.6 Å². The average Bonchev–Trinajstić information content (AvgIpc) is 2.82. The number of carbonyl (C=O) groups is 1. The molecule has 1 aromatic rings. The van der Waals surface area contributed by atoms with Gasteiger partial charge in [-0.25, -0.2) is 4.98 Å². The Bertz CT molecular complexity index is 547. The van der Waals surface area contributed by atoms with Crippen LogP contribution in [-0.2, 0) is 0 Å². The maximum Gasteiger partial charge on any atom is 0.273 e. The lowest BCUT2D eigenvalue weighted by Crippen LogP contribution is -2.62. The molecule has 1 amide bonds. The van der Waals surface area contributed by atoms with Crippen LogP contribution in [0.1, 0.15) is 76.8 Å². The fourth-order valence-electron chi connectivity index (χ4n) is 3.51. The number of oxazole rings is 1. The van der Waals surface area contributed by atoms with Gasteiger partial charge >= 0.3 is 0 Å². The zero-order valence-corrected chi connectivity index (χ0v) is 15.1. The lowest BCUT2D eigenvalue weighted by Gasteiger charge is -2.46. The van der Waals surface area contributed by atoms with Gasteiger partial charge in [-0.1, -0.05) is 13.8 Å². The molecule has 0 saturated carbocycles. The van der Waals surface area contributed by atoms with Crippen LogP contribution in [0.15, 0.2) is 10.7 Å². The summed E-state index contributed by atoms with van der Waals surface area (Å²) in [5, 5.41) is 6.69. The molecule has 0 aliphatic carbocycles. The van der Waals surface area contributed by atoms with E-state index in [4.69, 9.17) is 10.2 Å². The number of piperidine rings is 1. The Morgan fingerprint density at radius 1 is 1.35 bits per heavy atom. The highest BCUT2D eigenvalue weighted by Gasteiger charge is 2.38. The summed E-state index contributed by atoms with van der Waals surface area (Å²) in [6.07, 6.45) is 3.14. The summed E-state index contributed by atoms with van der Waals surface area (Å²) in [7, 11) is 0. The molecular weight excluding hydrogens is 292 g/mol. The molecule has 1 aliphatic rings. The van der Waals surface area contributed by atoms with E-state index < -0.39 is 0 Å². The quantitative estimate of drug-likeness (QED) is 0.791. The van der Waals surface area contributed by atoms with Gasteiger partial charge in [0.25, 0.3) is 5.91 Å². The van der Waals surface area contributed by atoms with Gasteiger partial charge in [0.15, 0.2) is 5.69 Å². The highest BCUT2D eigenvalue weighted by atomic mass is 16.3. The van der Waals surface area contributed by atoms with E-state index >= 15 is 0 Å². The molecule has 23 heavy (non-hydrogen) atoms. The molecule has 1 aromatic heterocycles. The summed E-state index contributed by atoms with van der Waals surface area (Å²) < 4.78 is 5.37. The van der Waals surface area contributed by atoms with Crippen LogP contribution < -0.4 is 16.4 Å². The van der Waals surface area contributed by atoms with Gasteiger partial charge in [-0.05, 0) is 46.5 Å². The van der Waals surface area contributed by atoms with Gasteiger partial charge in [-0.2, -0.15) is 0 Å². The van der Waals surface area contributed by atoms with Crippen molar-refractivity contribution in [2.24, 2.45) is 11.7 Å². The first-order valence-electron chi connectivity index (χ1n) is 8.30. The Hall–Kier alpha value is -1.40. The van der Waals surface area contributed by atoms with E-state index in [1.165, 1.54) is 6.26 Å². The van der Waals surface area contributed by atoms with Gasteiger partial charge in [-0.15, -0.1) is 0 Å².